The summed E-state index contributed by atoms with van der Waals surface area (Å²) in [5, 5.41) is 0. The van der Waals surface area contributed by atoms with E-state index in [9.17, 15) is 8.42 Å². The van der Waals surface area contributed by atoms with E-state index in [1.54, 1.807) is 18.2 Å². The maximum Gasteiger partial charge on any atom is 0.263 e. The summed E-state index contributed by atoms with van der Waals surface area (Å²) in [6, 6.07) is 7.79. The lowest BCUT2D eigenvalue weighted by atomic mass is 10.3. The van der Waals surface area contributed by atoms with Gasteiger partial charge in [-0.2, -0.15) is 0 Å². The molecule has 0 saturated heterocycles. The second-order valence-corrected chi connectivity index (χ2v) is 6.09. The zero-order valence-corrected chi connectivity index (χ0v) is 11.6. The van der Waals surface area contributed by atoms with Gasteiger partial charge in [0.05, 0.1) is 11.4 Å². The maximum absolute atomic E-state index is 12.1. The molecule has 5 nitrogen and oxygen atoms in total. The highest BCUT2D eigenvalue weighted by Gasteiger charge is 2.17. The van der Waals surface area contributed by atoms with Crippen molar-refractivity contribution in [3.05, 3.63) is 47.2 Å². The van der Waals surface area contributed by atoms with Gasteiger partial charge < -0.3 is 5.73 Å². The van der Waals surface area contributed by atoms with Crippen molar-refractivity contribution in [2.75, 3.05) is 10.5 Å². The minimum Gasteiger partial charge on any atom is -0.398 e. The first kappa shape index (κ1) is 12.8. The van der Waals surface area contributed by atoms with Gasteiger partial charge in [-0.3, -0.25) is 9.71 Å². The average molecular weight is 328 g/mol. The largest absolute Gasteiger partial charge is 0.398 e. The number of halogens is 1. The highest BCUT2D eigenvalue weighted by atomic mass is 79.9. The number of sulfonamides is 1. The monoisotopic (exact) mass is 327 g/mol. The van der Waals surface area contributed by atoms with Crippen molar-refractivity contribution in [2.45, 2.75) is 4.90 Å². The molecule has 1 heterocycles. The molecule has 2 rings (SSSR count). The van der Waals surface area contributed by atoms with Crippen LogP contribution in [-0.2, 0) is 10.0 Å². The van der Waals surface area contributed by atoms with Crippen molar-refractivity contribution < 1.29 is 8.42 Å². The summed E-state index contributed by atoms with van der Waals surface area (Å²) in [6.45, 7) is 0. The Morgan fingerprint density at radius 3 is 2.50 bits per heavy atom. The van der Waals surface area contributed by atoms with Crippen LogP contribution in [0, 0.1) is 0 Å². The lowest BCUT2D eigenvalue weighted by Crippen LogP contribution is -2.14. The minimum absolute atomic E-state index is 0.0358. The maximum atomic E-state index is 12.1. The molecule has 0 bridgehead atoms. The van der Waals surface area contributed by atoms with Gasteiger partial charge in [-0.1, -0.05) is 15.9 Å². The fourth-order valence-electron chi connectivity index (χ4n) is 1.37. The van der Waals surface area contributed by atoms with Crippen molar-refractivity contribution in [3.8, 4) is 0 Å². The average Bonchev–Trinajstić information content (AvgIpc) is 2.33. The van der Waals surface area contributed by atoms with Crippen molar-refractivity contribution in [1.29, 1.82) is 0 Å². The van der Waals surface area contributed by atoms with E-state index in [0.717, 1.165) is 0 Å². The molecule has 0 amide bonds. The molecule has 0 aliphatic carbocycles. The molecule has 0 atom stereocenters. The Kier molecular flexibility index (Phi) is 3.53. The van der Waals surface area contributed by atoms with Crippen LogP contribution in [0.15, 0.2) is 52.1 Å². The number of anilines is 2. The topological polar surface area (TPSA) is 85.1 Å². The van der Waals surface area contributed by atoms with Crippen LogP contribution in [0.5, 0.6) is 0 Å². The van der Waals surface area contributed by atoms with Crippen LogP contribution in [0.3, 0.4) is 0 Å². The van der Waals surface area contributed by atoms with E-state index in [0.29, 0.717) is 10.2 Å². The Bertz CT molecular complexity index is 659. The fourth-order valence-corrected chi connectivity index (χ4v) is 3.10. The van der Waals surface area contributed by atoms with Crippen LogP contribution >= 0.6 is 15.9 Å². The van der Waals surface area contributed by atoms with Crippen molar-refractivity contribution >= 4 is 37.3 Å². The number of pyridine rings is 1. The fraction of sp³-hybridized carbons (Fsp3) is 0. The Labute approximate surface area is 113 Å². The van der Waals surface area contributed by atoms with Crippen LogP contribution in [0.1, 0.15) is 0 Å². The van der Waals surface area contributed by atoms with E-state index in [4.69, 9.17) is 5.73 Å². The third kappa shape index (κ3) is 2.80. The van der Waals surface area contributed by atoms with E-state index in [1.807, 2.05) is 0 Å². The third-order valence-electron chi connectivity index (χ3n) is 2.20. The number of nitrogens with one attached hydrogen (secondary N) is 1. The molecule has 1 aromatic carbocycles. The van der Waals surface area contributed by atoms with Crippen LogP contribution in [0.4, 0.5) is 11.4 Å². The van der Waals surface area contributed by atoms with Crippen LogP contribution in [-0.4, -0.2) is 13.4 Å². The molecule has 7 heteroatoms. The van der Waals surface area contributed by atoms with Crippen LogP contribution in [0.2, 0.25) is 0 Å². The SMILES string of the molecule is Nc1ccc(Br)cc1S(=O)(=O)Nc1ccncc1. The van der Waals surface area contributed by atoms with Crippen LogP contribution in [0.25, 0.3) is 0 Å². The van der Waals surface area contributed by atoms with Gasteiger partial charge in [-0.15, -0.1) is 0 Å². The summed E-state index contributed by atoms with van der Waals surface area (Å²) >= 11 is 3.22. The first-order chi connectivity index (χ1) is 8.49. The van der Waals surface area contributed by atoms with Crippen molar-refractivity contribution in [1.82, 2.24) is 4.98 Å². The molecule has 94 valence electrons. The molecule has 2 aromatic rings. The van der Waals surface area contributed by atoms with E-state index in [2.05, 4.69) is 25.6 Å². The third-order valence-corrected chi connectivity index (χ3v) is 4.13. The molecular weight excluding hydrogens is 318 g/mol. The molecule has 0 unspecified atom stereocenters. The van der Waals surface area contributed by atoms with E-state index >= 15 is 0 Å². The molecule has 1 aromatic heterocycles. The van der Waals surface area contributed by atoms with Crippen molar-refractivity contribution in [2.24, 2.45) is 0 Å². The summed E-state index contributed by atoms with van der Waals surface area (Å²) in [7, 11) is -3.70. The molecule has 0 spiro atoms. The quantitative estimate of drug-likeness (QED) is 0.846. The van der Waals surface area contributed by atoms with Gasteiger partial charge >= 0.3 is 0 Å². The number of nitrogen functional groups attached to an aromatic ring is 1. The van der Waals surface area contributed by atoms with Gasteiger partial charge in [-0.25, -0.2) is 8.42 Å². The molecule has 0 aliphatic heterocycles. The zero-order chi connectivity index (χ0) is 13.2. The van der Waals surface area contributed by atoms with Gasteiger partial charge in [0, 0.05) is 16.9 Å². The van der Waals surface area contributed by atoms with E-state index in [1.165, 1.54) is 24.5 Å². The zero-order valence-electron chi connectivity index (χ0n) is 9.17. The lowest BCUT2D eigenvalue weighted by molar-refractivity contribution is 0.601. The van der Waals surface area contributed by atoms with Crippen LogP contribution < -0.4 is 10.5 Å². The second kappa shape index (κ2) is 4.95. The minimum atomic E-state index is -3.70. The normalized spacial score (nSPS) is 11.2. The van der Waals surface area contributed by atoms with Gasteiger partial charge in [0.15, 0.2) is 0 Å². The summed E-state index contributed by atoms with van der Waals surface area (Å²) in [5.74, 6) is 0. The van der Waals surface area contributed by atoms with E-state index < -0.39 is 10.0 Å². The molecule has 0 saturated carbocycles. The first-order valence-electron chi connectivity index (χ1n) is 4.97. The summed E-state index contributed by atoms with van der Waals surface area (Å²) < 4.78 is 27.4. The summed E-state index contributed by atoms with van der Waals surface area (Å²) in [4.78, 5) is 3.85. The second-order valence-electron chi connectivity index (χ2n) is 3.52. The molecule has 0 radical (unpaired) electrons. The number of nitrogens with zero attached hydrogens (tertiary/aromatic N) is 1. The van der Waals surface area contributed by atoms with Crippen molar-refractivity contribution in [3.63, 3.8) is 0 Å². The Morgan fingerprint density at radius 2 is 1.83 bits per heavy atom. The summed E-state index contributed by atoms with van der Waals surface area (Å²) in [5.41, 5.74) is 6.31. The number of rotatable bonds is 3. The van der Waals surface area contributed by atoms with Gasteiger partial charge in [0.1, 0.15) is 4.90 Å². The highest BCUT2D eigenvalue weighted by molar-refractivity contribution is 9.10. The predicted molar refractivity (Wildman–Crippen MR) is 73.6 cm³/mol. The smallest absolute Gasteiger partial charge is 0.263 e. The highest BCUT2D eigenvalue weighted by Crippen LogP contribution is 2.24. The number of benzene rings is 1. The molecular formula is C11H10BrN3O2S. The number of aromatic nitrogens is 1. The Balaban J connectivity index is 2.40. The molecule has 0 fully saturated rings. The van der Waals surface area contributed by atoms with Gasteiger partial charge in [0.2, 0.25) is 0 Å². The lowest BCUT2D eigenvalue weighted by Gasteiger charge is -2.10. The number of hydrogen-bond acceptors (Lipinski definition) is 4. The molecule has 18 heavy (non-hydrogen) atoms. The van der Waals surface area contributed by atoms with Gasteiger partial charge in [0.25, 0.3) is 10.0 Å². The number of hydrogen-bond donors (Lipinski definition) is 2. The Morgan fingerprint density at radius 1 is 1.17 bits per heavy atom. The van der Waals surface area contributed by atoms with E-state index in [-0.39, 0.29) is 10.6 Å². The first-order valence-corrected chi connectivity index (χ1v) is 7.24. The molecule has 0 aliphatic rings. The molecule has 3 N–H and O–H groups in total. The number of nitrogens with two attached hydrogens (primary N) is 1. The Hall–Kier alpha value is -1.60. The van der Waals surface area contributed by atoms with Gasteiger partial charge in [-0.05, 0) is 30.3 Å². The standard InChI is InChI=1S/C11H10BrN3O2S/c12-8-1-2-10(13)11(7-8)18(16,17)15-9-3-5-14-6-4-9/h1-7H,13H2,(H,14,15). The predicted octanol–water partition coefficient (Wildman–Crippen LogP) is 2.23. The summed E-state index contributed by atoms with van der Waals surface area (Å²) in [6.07, 6.45) is 3.00.